The van der Waals surface area contributed by atoms with Crippen LogP contribution >= 0.6 is 11.8 Å². The molecule has 4 rings (SSSR count). The van der Waals surface area contributed by atoms with Crippen LogP contribution in [0.1, 0.15) is 5.56 Å². The lowest BCUT2D eigenvalue weighted by molar-refractivity contribution is -0.155. The van der Waals surface area contributed by atoms with Crippen LogP contribution in [0, 0.1) is 0 Å². The molecule has 1 atom stereocenters. The highest BCUT2D eigenvalue weighted by Gasteiger charge is 2.37. The Hall–Kier alpha value is -3.58. The van der Waals surface area contributed by atoms with Gasteiger partial charge in [-0.15, -0.1) is 0 Å². The van der Waals surface area contributed by atoms with Crippen LogP contribution in [0.2, 0.25) is 0 Å². The Bertz CT molecular complexity index is 1280. The summed E-state index contributed by atoms with van der Waals surface area (Å²) in [5.74, 6) is -0.0777. The monoisotopic (exact) mass is 535 g/mol. The molecule has 0 aliphatic carbocycles. The number of thioether (sulfide) groups is 1. The fourth-order valence-electron chi connectivity index (χ4n) is 4.02. The summed E-state index contributed by atoms with van der Waals surface area (Å²) in [4.78, 5) is 37.4. The fraction of sp³-hybridized carbons (Fsp3) is 0.333. The van der Waals surface area contributed by atoms with E-state index < -0.39 is 17.5 Å². The Morgan fingerprint density at radius 3 is 2.62 bits per heavy atom. The minimum Gasteiger partial charge on any atom is -0.484 e. The number of halogens is 3. The Morgan fingerprint density at radius 2 is 1.92 bits per heavy atom. The van der Waals surface area contributed by atoms with Crippen molar-refractivity contribution in [2.75, 3.05) is 39.1 Å². The number of nitrogens with two attached hydrogens (primary N) is 1. The van der Waals surface area contributed by atoms with Gasteiger partial charge in [-0.05, 0) is 53.7 Å². The molecule has 1 aliphatic heterocycles. The van der Waals surface area contributed by atoms with Crippen molar-refractivity contribution in [2.45, 2.75) is 23.0 Å². The van der Waals surface area contributed by atoms with Gasteiger partial charge in [-0.2, -0.15) is 13.2 Å². The van der Waals surface area contributed by atoms with Gasteiger partial charge in [0, 0.05) is 37.0 Å². The standard InChI is InChI=1S/C24H24F3N5O4S/c1-35-12-20-23(34)31(11-15-2-7-18-19(10-15)29-14-30-22(18)28)8-9-32(20)21(33)13-36-16-3-5-17(6-4-16)37-24(25,26)27/h2-7,10,14,20H,8-9,11-13H2,1H3,(H2,28,29,30)/t20-/m0/s1. The molecule has 2 amide bonds. The Kier molecular flexibility index (Phi) is 8.03. The molecule has 2 aromatic carbocycles. The van der Waals surface area contributed by atoms with E-state index in [1.807, 2.05) is 18.2 Å². The van der Waals surface area contributed by atoms with E-state index >= 15 is 0 Å². The summed E-state index contributed by atoms with van der Waals surface area (Å²) in [5.41, 5.74) is 3.01. The van der Waals surface area contributed by atoms with Gasteiger partial charge in [0.1, 0.15) is 23.9 Å². The number of nitrogen functional groups attached to an aromatic ring is 1. The van der Waals surface area contributed by atoms with Crippen LogP contribution in [0.15, 0.2) is 53.7 Å². The Balaban J connectivity index is 1.38. The number of hydrogen-bond acceptors (Lipinski definition) is 8. The molecule has 1 aromatic heterocycles. The summed E-state index contributed by atoms with van der Waals surface area (Å²) in [6.45, 7) is 0.528. The van der Waals surface area contributed by atoms with Crippen LogP contribution < -0.4 is 10.5 Å². The zero-order valence-electron chi connectivity index (χ0n) is 19.8. The average molecular weight is 536 g/mol. The van der Waals surface area contributed by atoms with E-state index in [1.54, 1.807) is 4.90 Å². The Labute approximate surface area is 214 Å². The van der Waals surface area contributed by atoms with Crippen LogP contribution in [0.25, 0.3) is 10.9 Å². The quantitative estimate of drug-likeness (QED) is 0.438. The molecule has 0 unspecified atom stereocenters. The van der Waals surface area contributed by atoms with Gasteiger partial charge in [-0.1, -0.05) is 6.07 Å². The molecule has 0 bridgehead atoms. The zero-order valence-corrected chi connectivity index (χ0v) is 20.6. The van der Waals surface area contributed by atoms with Gasteiger partial charge in [0.05, 0.1) is 12.1 Å². The third-order valence-electron chi connectivity index (χ3n) is 5.75. The molecule has 3 aromatic rings. The van der Waals surface area contributed by atoms with E-state index in [-0.39, 0.29) is 48.1 Å². The van der Waals surface area contributed by atoms with Crippen molar-refractivity contribution < 1.29 is 32.2 Å². The second-order valence-electron chi connectivity index (χ2n) is 8.24. The molecule has 0 saturated carbocycles. The van der Waals surface area contributed by atoms with Crippen LogP contribution in [-0.4, -0.2) is 76.5 Å². The van der Waals surface area contributed by atoms with E-state index in [1.165, 1.54) is 42.6 Å². The topological polar surface area (TPSA) is 111 Å². The second kappa shape index (κ2) is 11.2. The first-order valence-corrected chi connectivity index (χ1v) is 12.0. The number of carbonyl (C=O) groups is 2. The van der Waals surface area contributed by atoms with Gasteiger partial charge >= 0.3 is 5.51 Å². The Morgan fingerprint density at radius 1 is 1.16 bits per heavy atom. The van der Waals surface area contributed by atoms with Gasteiger partial charge in [-0.3, -0.25) is 9.59 Å². The van der Waals surface area contributed by atoms with E-state index in [2.05, 4.69) is 9.97 Å². The number of carbonyl (C=O) groups excluding carboxylic acids is 2. The SMILES string of the molecule is COC[C@H]1C(=O)N(Cc2ccc3c(N)ncnc3c2)CCN1C(=O)COc1ccc(SC(F)(F)F)cc1. The van der Waals surface area contributed by atoms with Gasteiger partial charge in [0.2, 0.25) is 5.91 Å². The van der Waals surface area contributed by atoms with Crippen molar-refractivity contribution in [1.29, 1.82) is 0 Å². The number of ether oxygens (including phenoxy) is 2. The molecule has 2 N–H and O–H groups in total. The molecule has 1 fully saturated rings. The van der Waals surface area contributed by atoms with Crippen LogP contribution in [0.5, 0.6) is 5.75 Å². The summed E-state index contributed by atoms with van der Waals surface area (Å²) >= 11 is -0.234. The molecule has 0 spiro atoms. The number of rotatable bonds is 8. The normalized spacial score (nSPS) is 16.3. The molecular weight excluding hydrogens is 511 g/mol. The number of piperazine rings is 1. The highest BCUT2D eigenvalue weighted by Crippen LogP contribution is 2.37. The van der Waals surface area contributed by atoms with Crippen LogP contribution in [-0.2, 0) is 20.9 Å². The number of amides is 2. The summed E-state index contributed by atoms with van der Waals surface area (Å²) in [7, 11) is 1.44. The van der Waals surface area contributed by atoms with Crippen molar-refractivity contribution in [3.8, 4) is 5.75 Å². The number of alkyl halides is 3. The lowest BCUT2D eigenvalue weighted by Gasteiger charge is -2.40. The number of hydrogen-bond donors (Lipinski definition) is 1. The number of aromatic nitrogens is 2. The summed E-state index contributed by atoms with van der Waals surface area (Å²) < 4.78 is 48.2. The van der Waals surface area contributed by atoms with Crippen molar-refractivity contribution in [3.05, 3.63) is 54.4 Å². The molecule has 13 heteroatoms. The van der Waals surface area contributed by atoms with Crippen LogP contribution in [0.3, 0.4) is 0 Å². The third kappa shape index (κ3) is 6.60. The summed E-state index contributed by atoms with van der Waals surface area (Å²) in [5, 5.41) is 0.721. The van der Waals surface area contributed by atoms with Gasteiger partial charge < -0.3 is 25.0 Å². The molecule has 0 radical (unpaired) electrons. The number of benzene rings is 2. The predicted molar refractivity (Wildman–Crippen MR) is 131 cm³/mol. The molecular formula is C24H24F3N5O4S. The smallest absolute Gasteiger partial charge is 0.446 e. The number of fused-ring (bicyclic) bond motifs is 1. The van der Waals surface area contributed by atoms with Crippen molar-refractivity contribution in [1.82, 2.24) is 19.8 Å². The highest BCUT2D eigenvalue weighted by molar-refractivity contribution is 8.00. The van der Waals surface area contributed by atoms with E-state index in [0.717, 1.165) is 10.9 Å². The lowest BCUT2D eigenvalue weighted by atomic mass is 10.1. The highest BCUT2D eigenvalue weighted by atomic mass is 32.2. The first-order chi connectivity index (χ1) is 17.6. The first kappa shape index (κ1) is 26.5. The second-order valence-corrected chi connectivity index (χ2v) is 9.37. The van der Waals surface area contributed by atoms with E-state index in [0.29, 0.717) is 24.4 Å². The molecule has 1 aliphatic rings. The maximum Gasteiger partial charge on any atom is 0.446 e. The van der Waals surface area contributed by atoms with Crippen molar-refractivity contribution >= 4 is 40.3 Å². The maximum absolute atomic E-state index is 13.2. The number of methoxy groups -OCH3 is 1. The van der Waals surface area contributed by atoms with E-state index in [9.17, 15) is 22.8 Å². The minimum absolute atomic E-state index is 0.00587. The summed E-state index contributed by atoms with van der Waals surface area (Å²) in [6.07, 6.45) is 1.38. The predicted octanol–water partition coefficient (Wildman–Crippen LogP) is 3.09. The van der Waals surface area contributed by atoms with Gasteiger partial charge in [0.15, 0.2) is 6.61 Å². The molecule has 196 valence electrons. The largest absolute Gasteiger partial charge is 0.484 e. The fourth-order valence-corrected chi connectivity index (χ4v) is 4.56. The number of nitrogens with zero attached hydrogens (tertiary/aromatic N) is 4. The van der Waals surface area contributed by atoms with Crippen molar-refractivity contribution in [2.24, 2.45) is 0 Å². The number of anilines is 1. The zero-order chi connectivity index (χ0) is 26.6. The molecule has 9 nitrogen and oxygen atoms in total. The third-order valence-corrected chi connectivity index (χ3v) is 6.49. The first-order valence-electron chi connectivity index (χ1n) is 11.2. The molecule has 1 saturated heterocycles. The summed E-state index contributed by atoms with van der Waals surface area (Å²) in [6, 6.07) is 9.92. The van der Waals surface area contributed by atoms with Crippen LogP contribution in [0.4, 0.5) is 19.0 Å². The van der Waals surface area contributed by atoms with Gasteiger partial charge in [-0.25, -0.2) is 9.97 Å². The molecule has 37 heavy (non-hydrogen) atoms. The minimum atomic E-state index is -4.39. The maximum atomic E-state index is 13.2. The lowest BCUT2D eigenvalue weighted by Crippen LogP contribution is -2.60. The molecule has 2 heterocycles. The van der Waals surface area contributed by atoms with Crippen molar-refractivity contribution in [3.63, 3.8) is 0 Å². The van der Waals surface area contributed by atoms with Gasteiger partial charge in [0.25, 0.3) is 5.91 Å². The average Bonchev–Trinajstić information content (AvgIpc) is 2.85. The van der Waals surface area contributed by atoms with E-state index in [4.69, 9.17) is 15.2 Å².